The molecule has 0 fully saturated rings. The fourth-order valence-electron chi connectivity index (χ4n) is 2.06. The summed E-state index contributed by atoms with van der Waals surface area (Å²) in [7, 11) is 0. The van der Waals surface area contributed by atoms with Crippen LogP contribution < -0.4 is 0 Å². The Kier molecular flexibility index (Phi) is 2.56. The summed E-state index contributed by atoms with van der Waals surface area (Å²) in [6.07, 6.45) is -0.0571. The van der Waals surface area contributed by atoms with Crippen molar-refractivity contribution in [3.05, 3.63) is 35.8 Å². The van der Waals surface area contributed by atoms with Crippen LogP contribution in [0.3, 0.4) is 0 Å². The number of carboxylic acids is 1. The monoisotopic (exact) mass is 256 g/mol. The molecule has 2 heterocycles. The maximum absolute atomic E-state index is 10.6. The molecule has 19 heavy (non-hydrogen) atoms. The summed E-state index contributed by atoms with van der Waals surface area (Å²) in [6, 6.07) is 7.54. The lowest BCUT2D eigenvalue weighted by atomic mass is 10.1. The lowest BCUT2D eigenvalue weighted by Gasteiger charge is -1.95. The van der Waals surface area contributed by atoms with Crippen LogP contribution in [-0.2, 0) is 11.2 Å². The van der Waals surface area contributed by atoms with E-state index in [1.54, 1.807) is 6.07 Å². The molecule has 6 nitrogen and oxygen atoms in total. The van der Waals surface area contributed by atoms with Crippen LogP contribution in [-0.4, -0.2) is 31.2 Å². The fraction of sp³-hybridized carbons (Fsp3) is 0.154. The number of aryl methyl sites for hydroxylation is 1. The molecular weight excluding hydrogens is 244 g/mol. The van der Waals surface area contributed by atoms with E-state index in [2.05, 4.69) is 20.2 Å². The quantitative estimate of drug-likeness (QED) is 0.666. The van der Waals surface area contributed by atoms with Crippen molar-refractivity contribution in [1.29, 1.82) is 0 Å². The summed E-state index contributed by atoms with van der Waals surface area (Å²) in [5.74, 6) is -0.0180. The number of aromatic nitrogens is 4. The summed E-state index contributed by atoms with van der Waals surface area (Å²) < 4.78 is 0. The van der Waals surface area contributed by atoms with E-state index in [-0.39, 0.29) is 6.42 Å². The van der Waals surface area contributed by atoms with Gasteiger partial charge in [-0.3, -0.25) is 9.89 Å². The van der Waals surface area contributed by atoms with E-state index in [1.165, 1.54) is 0 Å². The lowest BCUT2D eigenvalue weighted by molar-refractivity contribution is -0.136. The van der Waals surface area contributed by atoms with Gasteiger partial charge in [0.2, 0.25) is 0 Å². The number of hydrogen-bond acceptors (Lipinski definition) is 3. The predicted molar refractivity (Wildman–Crippen MR) is 69.8 cm³/mol. The van der Waals surface area contributed by atoms with E-state index in [9.17, 15) is 4.79 Å². The van der Waals surface area contributed by atoms with Crippen molar-refractivity contribution in [2.75, 3.05) is 0 Å². The Bertz CT molecular complexity index is 757. The molecule has 3 N–H and O–H groups in total. The molecule has 6 heteroatoms. The van der Waals surface area contributed by atoms with Gasteiger partial charge in [0.15, 0.2) is 0 Å². The van der Waals surface area contributed by atoms with Crippen LogP contribution in [0, 0.1) is 6.92 Å². The first-order valence-corrected chi connectivity index (χ1v) is 5.84. The molecule has 0 saturated heterocycles. The number of nitrogens with zero attached hydrogens (tertiary/aromatic N) is 2. The number of hydrogen-bond donors (Lipinski definition) is 3. The average molecular weight is 256 g/mol. The molecule has 0 spiro atoms. The summed E-state index contributed by atoms with van der Waals surface area (Å²) in [6.45, 7) is 1.90. The van der Waals surface area contributed by atoms with E-state index >= 15 is 0 Å². The highest BCUT2D eigenvalue weighted by molar-refractivity contribution is 5.81. The van der Waals surface area contributed by atoms with E-state index in [0.29, 0.717) is 5.69 Å². The van der Waals surface area contributed by atoms with Gasteiger partial charge in [0, 0.05) is 11.3 Å². The van der Waals surface area contributed by atoms with Crippen molar-refractivity contribution in [3.8, 4) is 11.3 Å². The van der Waals surface area contributed by atoms with Crippen molar-refractivity contribution in [1.82, 2.24) is 20.2 Å². The molecule has 0 unspecified atom stereocenters. The van der Waals surface area contributed by atoms with Crippen LogP contribution in [0.15, 0.2) is 24.3 Å². The number of carbonyl (C=O) groups is 1. The summed E-state index contributed by atoms with van der Waals surface area (Å²) in [4.78, 5) is 18.1. The van der Waals surface area contributed by atoms with Gasteiger partial charge in [0.05, 0.1) is 23.1 Å². The molecule has 3 rings (SSSR count). The standard InChI is InChI=1S/C13H12N4O2/c1-7-14-10-3-2-8(4-12(10)15-7)11-5-9(16-17-11)6-13(18)19/h2-5H,6H2,1H3,(H,14,15)(H,16,17)(H,18,19). The molecule has 0 aliphatic carbocycles. The Hall–Kier alpha value is -2.63. The smallest absolute Gasteiger partial charge is 0.309 e. The van der Waals surface area contributed by atoms with Crippen LogP contribution >= 0.6 is 0 Å². The van der Waals surface area contributed by atoms with E-state index in [1.807, 2.05) is 25.1 Å². The number of aromatic amines is 2. The maximum Gasteiger partial charge on any atom is 0.309 e. The van der Waals surface area contributed by atoms with Crippen molar-refractivity contribution in [2.24, 2.45) is 0 Å². The van der Waals surface area contributed by atoms with Gasteiger partial charge in [0.25, 0.3) is 0 Å². The van der Waals surface area contributed by atoms with Gasteiger partial charge in [-0.1, -0.05) is 6.07 Å². The normalized spacial score (nSPS) is 11.0. The van der Waals surface area contributed by atoms with Gasteiger partial charge in [-0.25, -0.2) is 4.98 Å². The molecule has 0 radical (unpaired) electrons. The number of imidazole rings is 1. The van der Waals surface area contributed by atoms with Crippen LogP contribution in [0.4, 0.5) is 0 Å². The molecular formula is C13H12N4O2. The largest absolute Gasteiger partial charge is 0.481 e. The predicted octanol–water partition coefficient (Wildman–Crippen LogP) is 1.89. The fourth-order valence-corrected chi connectivity index (χ4v) is 2.06. The second kappa shape index (κ2) is 4.24. The molecule has 96 valence electrons. The minimum absolute atomic E-state index is 0.0571. The minimum Gasteiger partial charge on any atom is -0.481 e. The molecule has 3 aromatic rings. The molecule has 2 aromatic heterocycles. The molecule has 0 aliphatic heterocycles. The highest BCUT2D eigenvalue weighted by Crippen LogP contribution is 2.22. The van der Waals surface area contributed by atoms with Gasteiger partial charge in [-0.05, 0) is 25.1 Å². The molecule has 0 atom stereocenters. The van der Waals surface area contributed by atoms with E-state index in [0.717, 1.165) is 28.1 Å². The van der Waals surface area contributed by atoms with Crippen molar-refractivity contribution < 1.29 is 9.90 Å². The Morgan fingerprint density at radius 3 is 3.00 bits per heavy atom. The van der Waals surface area contributed by atoms with Crippen LogP contribution in [0.25, 0.3) is 22.3 Å². The SMILES string of the molecule is Cc1nc2ccc(-c3cc(CC(=O)O)[nH]n3)cc2[nH]1. The average Bonchev–Trinajstić information content (AvgIpc) is 2.92. The Labute approximate surface area is 108 Å². The zero-order chi connectivity index (χ0) is 13.4. The molecule has 0 aliphatic rings. The first kappa shape index (κ1) is 11.5. The minimum atomic E-state index is -0.880. The van der Waals surface area contributed by atoms with Gasteiger partial charge in [0.1, 0.15) is 5.82 Å². The highest BCUT2D eigenvalue weighted by atomic mass is 16.4. The first-order chi connectivity index (χ1) is 9.11. The van der Waals surface area contributed by atoms with E-state index in [4.69, 9.17) is 5.11 Å². The number of benzene rings is 1. The summed E-state index contributed by atoms with van der Waals surface area (Å²) in [5, 5.41) is 15.6. The molecule has 0 saturated carbocycles. The first-order valence-electron chi connectivity index (χ1n) is 5.84. The third-order valence-electron chi connectivity index (χ3n) is 2.87. The molecule has 1 aromatic carbocycles. The number of aliphatic carboxylic acids is 1. The number of rotatable bonds is 3. The third-order valence-corrected chi connectivity index (χ3v) is 2.87. The highest BCUT2D eigenvalue weighted by Gasteiger charge is 2.08. The molecule has 0 bridgehead atoms. The van der Waals surface area contributed by atoms with Crippen molar-refractivity contribution >= 4 is 17.0 Å². The zero-order valence-corrected chi connectivity index (χ0v) is 10.3. The Balaban J connectivity index is 1.98. The summed E-state index contributed by atoms with van der Waals surface area (Å²) in [5.41, 5.74) is 4.08. The van der Waals surface area contributed by atoms with Gasteiger partial charge < -0.3 is 10.1 Å². The number of carboxylic acid groups (broad SMARTS) is 1. The maximum atomic E-state index is 10.6. The molecule has 0 amide bonds. The Morgan fingerprint density at radius 1 is 1.37 bits per heavy atom. The van der Waals surface area contributed by atoms with Crippen molar-refractivity contribution in [3.63, 3.8) is 0 Å². The van der Waals surface area contributed by atoms with Crippen molar-refractivity contribution in [2.45, 2.75) is 13.3 Å². The van der Waals surface area contributed by atoms with Gasteiger partial charge in [-0.15, -0.1) is 0 Å². The van der Waals surface area contributed by atoms with E-state index < -0.39 is 5.97 Å². The van der Waals surface area contributed by atoms with Crippen LogP contribution in [0.2, 0.25) is 0 Å². The number of H-pyrrole nitrogens is 2. The van der Waals surface area contributed by atoms with Crippen LogP contribution in [0.5, 0.6) is 0 Å². The third kappa shape index (κ3) is 2.20. The number of fused-ring (bicyclic) bond motifs is 1. The van der Waals surface area contributed by atoms with Gasteiger partial charge >= 0.3 is 5.97 Å². The zero-order valence-electron chi connectivity index (χ0n) is 10.3. The lowest BCUT2D eigenvalue weighted by Crippen LogP contribution is -1.99. The second-order valence-corrected chi connectivity index (χ2v) is 4.40. The van der Waals surface area contributed by atoms with Crippen LogP contribution in [0.1, 0.15) is 11.5 Å². The number of nitrogens with one attached hydrogen (secondary N) is 2. The Morgan fingerprint density at radius 2 is 2.21 bits per heavy atom. The second-order valence-electron chi connectivity index (χ2n) is 4.40. The van der Waals surface area contributed by atoms with Gasteiger partial charge in [-0.2, -0.15) is 5.10 Å². The topological polar surface area (TPSA) is 94.7 Å². The summed E-state index contributed by atoms with van der Waals surface area (Å²) >= 11 is 0.